The summed E-state index contributed by atoms with van der Waals surface area (Å²) in [4.78, 5) is 10.4. The fourth-order valence-corrected chi connectivity index (χ4v) is 9.60. The van der Waals surface area contributed by atoms with Crippen LogP contribution in [0.3, 0.4) is 0 Å². The van der Waals surface area contributed by atoms with Crippen molar-refractivity contribution in [2.75, 3.05) is 26.4 Å². The average Bonchev–Trinajstić information content (AvgIpc) is 3.66. The van der Waals surface area contributed by atoms with Crippen molar-refractivity contribution < 1.29 is 14.2 Å². The normalized spacial score (nSPS) is 13.9. The van der Waals surface area contributed by atoms with E-state index < -0.39 is 5.41 Å². The largest absolute Gasteiger partial charge is 0.494 e. The fourth-order valence-electron chi connectivity index (χ4n) is 9.60. The minimum Gasteiger partial charge on any atom is -0.494 e. The average molecular weight is 883 g/mol. The molecule has 1 atom stereocenters. The molecule has 7 aromatic carbocycles. The Bertz CT molecular complexity index is 2900. The van der Waals surface area contributed by atoms with E-state index in [0.29, 0.717) is 26.4 Å². The fraction of sp³-hybridized carbons (Fsp3) is 0.258. The van der Waals surface area contributed by atoms with Crippen LogP contribution in [0.15, 0.2) is 164 Å². The van der Waals surface area contributed by atoms with Gasteiger partial charge in [0, 0.05) is 23.3 Å². The predicted octanol–water partition coefficient (Wildman–Crippen LogP) is 15.5. The number of ether oxygens (including phenoxy) is 3. The first-order chi connectivity index (χ1) is 32.9. The van der Waals surface area contributed by atoms with Gasteiger partial charge in [-0.2, -0.15) is 0 Å². The number of nitrogens with zero attached hydrogens (tertiary/aromatic N) is 2. The number of benzene rings is 7. The lowest BCUT2D eigenvalue weighted by atomic mass is 9.67. The molecule has 0 saturated heterocycles. The molecular formula is C62H62N2O3. The van der Waals surface area contributed by atoms with Crippen molar-refractivity contribution in [2.24, 2.45) is 0 Å². The van der Waals surface area contributed by atoms with Gasteiger partial charge in [-0.1, -0.05) is 172 Å². The third kappa shape index (κ3) is 9.71. The summed E-state index contributed by atoms with van der Waals surface area (Å²) in [5, 5.41) is 0. The quantitative estimate of drug-likeness (QED) is 0.0757. The van der Waals surface area contributed by atoms with Crippen LogP contribution in [-0.2, 0) is 16.6 Å². The second-order valence-electron chi connectivity index (χ2n) is 17.9. The Hall–Kier alpha value is -6.82. The molecular weight excluding hydrogens is 821 g/mol. The monoisotopic (exact) mass is 882 g/mol. The van der Waals surface area contributed by atoms with Crippen LogP contribution < -0.4 is 9.47 Å². The lowest BCUT2D eigenvalue weighted by molar-refractivity contribution is 0.110. The third-order valence-electron chi connectivity index (χ3n) is 13.2. The van der Waals surface area contributed by atoms with Gasteiger partial charge in [0.05, 0.1) is 30.0 Å². The number of unbranched alkanes of at least 4 members (excludes halogenated alkanes) is 3. The molecule has 8 aromatic rings. The third-order valence-corrected chi connectivity index (χ3v) is 13.2. The van der Waals surface area contributed by atoms with Crippen LogP contribution in [0.4, 0.5) is 0 Å². The maximum Gasteiger partial charge on any atom is 0.160 e. The number of aromatic nitrogens is 2. The van der Waals surface area contributed by atoms with Gasteiger partial charge >= 0.3 is 0 Å². The van der Waals surface area contributed by atoms with Crippen LogP contribution in [0.5, 0.6) is 11.5 Å². The van der Waals surface area contributed by atoms with E-state index in [0.717, 1.165) is 69.4 Å². The molecule has 1 heterocycles. The Morgan fingerprint density at radius 2 is 0.970 bits per heavy atom. The number of aryl methyl sites for hydroxylation is 3. The smallest absolute Gasteiger partial charge is 0.160 e. The zero-order chi connectivity index (χ0) is 46.2. The Balaban J connectivity index is 1.11. The summed E-state index contributed by atoms with van der Waals surface area (Å²) in [7, 11) is 0. The number of rotatable bonds is 19. The second-order valence-corrected chi connectivity index (χ2v) is 17.9. The summed E-state index contributed by atoms with van der Waals surface area (Å²) in [6.45, 7) is 13.1. The molecule has 5 nitrogen and oxygen atoms in total. The SMILES string of the molecule is CCCCCCc1ccc(-c2nc(-c3ccc(C)cc3)cc(-c3ccc(-c4ccc5c(c4)C(c4ccc(OCCC)cc4)(c4ccc(OCCOCC)cc4)c4cc(C)ccc4-5)cc3)n2)cc1. The molecule has 0 N–H and O–H groups in total. The van der Waals surface area contributed by atoms with E-state index in [1.54, 1.807) is 0 Å². The van der Waals surface area contributed by atoms with Gasteiger partial charge in [-0.3, -0.25) is 0 Å². The lowest BCUT2D eigenvalue weighted by Crippen LogP contribution is -2.28. The molecule has 9 rings (SSSR count). The van der Waals surface area contributed by atoms with Crippen molar-refractivity contribution in [2.45, 2.75) is 78.6 Å². The van der Waals surface area contributed by atoms with E-state index in [1.807, 2.05) is 6.92 Å². The van der Waals surface area contributed by atoms with E-state index in [-0.39, 0.29) is 0 Å². The van der Waals surface area contributed by atoms with E-state index >= 15 is 0 Å². The van der Waals surface area contributed by atoms with Crippen molar-refractivity contribution in [3.63, 3.8) is 0 Å². The van der Waals surface area contributed by atoms with Crippen molar-refractivity contribution in [3.8, 4) is 67.7 Å². The first kappa shape index (κ1) is 45.3. The minimum atomic E-state index is -0.600. The number of hydrogen-bond acceptors (Lipinski definition) is 5. The molecule has 1 aliphatic rings. The van der Waals surface area contributed by atoms with Gasteiger partial charge in [0.15, 0.2) is 5.82 Å². The molecule has 0 saturated carbocycles. The molecule has 0 amide bonds. The minimum absolute atomic E-state index is 0.504. The van der Waals surface area contributed by atoms with E-state index in [2.05, 4.69) is 191 Å². The topological polar surface area (TPSA) is 53.5 Å². The molecule has 0 spiro atoms. The molecule has 0 fully saturated rings. The molecule has 0 bridgehead atoms. The summed E-state index contributed by atoms with van der Waals surface area (Å²) in [5.41, 5.74) is 17.8. The van der Waals surface area contributed by atoms with Crippen LogP contribution in [0.25, 0.3) is 56.2 Å². The molecule has 338 valence electrons. The zero-order valence-electron chi connectivity index (χ0n) is 39.8. The van der Waals surface area contributed by atoms with Gasteiger partial charge < -0.3 is 14.2 Å². The highest BCUT2D eigenvalue weighted by atomic mass is 16.5. The highest BCUT2D eigenvalue weighted by Gasteiger charge is 2.46. The summed E-state index contributed by atoms with van der Waals surface area (Å²) in [5.74, 6) is 2.43. The van der Waals surface area contributed by atoms with E-state index in [9.17, 15) is 0 Å². The van der Waals surface area contributed by atoms with Crippen molar-refractivity contribution in [1.82, 2.24) is 9.97 Å². The van der Waals surface area contributed by atoms with Crippen LogP contribution in [0.1, 0.15) is 91.8 Å². The van der Waals surface area contributed by atoms with Crippen LogP contribution >= 0.6 is 0 Å². The molecule has 1 unspecified atom stereocenters. The maximum atomic E-state index is 6.13. The first-order valence-corrected chi connectivity index (χ1v) is 24.3. The molecule has 67 heavy (non-hydrogen) atoms. The van der Waals surface area contributed by atoms with Gasteiger partial charge in [-0.05, 0) is 127 Å². The zero-order valence-corrected chi connectivity index (χ0v) is 39.8. The Kier molecular flexibility index (Phi) is 14.1. The van der Waals surface area contributed by atoms with Crippen molar-refractivity contribution in [3.05, 3.63) is 203 Å². The second kappa shape index (κ2) is 20.8. The standard InChI is InChI=1S/C62H62N2O3/c1-6-9-10-11-12-45-16-20-49(21-17-45)61-63-59(47-18-13-43(4)14-19-47)42-60(64-61)48-24-22-46(23-25-48)50-26-36-56-55-35-15-44(5)40-57(55)62(58(56)41-50,51-27-31-53(32-28-51)66-37-7-2)52-29-33-54(34-30-52)67-39-38-65-8-3/h13-36,40-42H,6-12,37-39H2,1-5H3. The lowest BCUT2D eigenvalue weighted by Gasteiger charge is -2.34. The Labute approximate surface area is 397 Å². The van der Waals surface area contributed by atoms with Crippen LogP contribution in [0, 0.1) is 13.8 Å². The number of fused-ring (bicyclic) bond motifs is 3. The van der Waals surface area contributed by atoms with Gasteiger partial charge in [0.1, 0.15) is 18.1 Å². The highest BCUT2D eigenvalue weighted by Crippen LogP contribution is 2.57. The Morgan fingerprint density at radius 3 is 1.58 bits per heavy atom. The van der Waals surface area contributed by atoms with E-state index in [4.69, 9.17) is 24.2 Å². The summed E-state index contributed by atoms with van der Waals surface area (Å²) >= 11 is 0. The highest BCUT2D eigenvalue weighted by molar-refractivity contribution is 5.89. The van der Waals surface area contributed by atoms with Crippen molar-refractivity contribution >= 4 is 0 Å². The summed E-state index contributed by atoms with van der Waals surface area (Å²) in [6, 6.07) is 59.8. The van der Waals surface area contributed by atoms with Gasteiger partial charge in [-0.15, -0.1) is 0 Å². The van der Waals surface area contributed by atoms with Crippen molar-refractivity contribution in [1.29, 1.82) is 0 Å². The first-order valence-electron chi connectivity index (χ1n) is 24.3. The molecule has 5 heteroatoms. The van der Waals surface area contributed by atoms with Gasteiger partial charge in [0.2, 0.25) is 0 Å². The maximum absolute atomic E-state index is 6.13. The predicted molar refractivity (Wildman–Crippen MR) is 276 cm³/mol. The van der Waals surface area contributed by atoms with Gasteiger partial charge in [0.25, 0.3) is 0 Å². The molecule has 0 aliphatic heterocycles. The molecule has 1 aliphatic carbocycles. The summed E-state index contributed by atoms with van der Waals surface area (Å²) < 4.78 is 17.8. The molecule has 0 radical (unpaired) electrons. The van der Waals surface area contributed by atoms with Gasteiger partial charge in [-0.25, -0.2) is 9.97 Å². The van der Waals surface area contributed by atoms with Crippen LogP contribution in [0.2, 0.25) is 0 Å². The van der Waals surface area contributed by atoms with Crippen LogP contribution in [-0.4, -0.2) is 36.4 Å². The Morgan fingerprint density at radius 1 is 0.433 bits per heavy atom. The number of hydrogen-bond donors (Lipinski definition) is 0. The molecule has 1 aromatic heterocycles. The summed E-state index contributed by atoms with van der Waals surface area (Å²) in [6.07, 6.45) is 7.08. The van der Waals surface area contributed by atoms with E-state index in [1.165, 1.54) is 75.8 Å².